The predicted molar refractivity (Wildman–Crippen MR) is 116 cm³/mol. The van der Waals surface area contributed by atoms with Crippen LogP contribution in [0.3, 0.4) is 0 Å². The molecule has 3 aromatic rings. The van der Waals surface area contributed by atoms with Gasteiger partial charge in [0.1, 0.15) is 11.6 Å². The number of halogens is 1. The second-order valence-electron chi connectivity index (χ2n) is 7.69. The van der Waals surface area contributed by atoms with Crippen LogP contribution in [-0.4, -0.2) is 40.6 Å². The highest BCUT2D eigenvalue weighted by Crippen LogP contribution is 2.28. The molecule has 1 aliphatic rings. The maximum absolute atomic E-state index is 13.0. The van der Waals surface area contributed by atoms with Crippen LogP contribution < -0.4 is 4.74 Å². The van der Waals surface area contributed by atoms with E-state index in [1.54, 1.807) is 30.4 Å². The number of benzene rings is 2. The Balaban J connectivity index is 1.42. The van der Waals surface area contributed by atoms with Crippen molar-refractivity contribution in [3.8, 4) is 17.1 Å². The van der Waals surface area contributed by atoms with Gasteiger partial charge in [-0.3, -0.25) is 4.79 Å². The van der Waals surface area contributed by atoms with Crippen molar-refractivity contribution in [2.24, 2.45) is 5.92 Å². The fourth-order valence-corrected chi connectivity index (χ4v) is 3.42. The molecule has 2 heterocycles. The Morgan fingerprint density at radius 2 is 1.90 bits per heavy atom. The molecule has 0 saturated carbocycles. The fraction of sp³-hybridized carbons (Fsp3) is 0.292. The third kappa shape index (κ3) is 5.36. The average Bonchev–Trinajstić information content (AvgIpc) is 3.27. The molecule has 6 nitrogen and oxygen atoms in total. The molecule has 0 bridgehead atoms. The lowest BCUT2D eigenvalue weighted by Crippen LogP contribution is -2.40. The van der Waals surface area contributed by atoms with Gasteiger partial charge in [-0.2, -0.15) is 4.98 Å². The van der Waals surface area contributed by atoms with Gasteiger partial charge in [0, 0.05) is 19.2 Å². The number of carbonyl (C=O) groups excluding carboxylic acids is 1. The van der Waals surface area contributed by atoms with E-state index < -0.39 is 0 Å². The van der Waals surface area contributed by atoms with Gasteiger partial charge in [-0.15, -0.1) is 0 Å². The van der Waals surface area contributed by atoms with Crippen molar-refractivity contribution < 1.29 is 18.4 Å². The fourth-order valence-electron chi connectivity index (χ4n) is 3.42. The summed E-state index contributed by atoms with van der Waals surface area (Å²) in [6, 6.07) is 13.4. The minimum absolute atomic E-state index is 0.0160. The van der Waals surface area contributed by atoms with Crippen molar-refractivity contribution in [2.75, 3.05) is 19.7 Å². The van der Waals surface area contributed by atoms with E-state index in [1.165, 1.54) is 12.1 Å². The van der Waals surface area contributed by atoms with E-state index in [-0.39, 0.29) is 18.3 Å². The van der Waals surface area contributed by atoms with Crippen molar-refractivity contribution in [2.45, 2.75) is 19.8 Å². The quantitative estimate of drug-likeness (QED) is 0.578. The highest BCUT2D eigenvalue weighted by Gasteiger charge is 2.21. The number of para-hydroxylation sites is 1. The Hall–Kier alpha value is -3.48. The Morgan fingerprint density at radius 3 is 2.68 bits per heavy atom. The van der Waals surface area contributed by atoms with E-state index in [9.17, 15) is 9.18 Å². The van der Waals surface area contributed by atoms with Gasteiger partial charge in [-0.25, -0.2) is 4.39 Å². The number of nitrogens with zero attached hydrogens (tertiary/aromatic N) is 3. The monoisotopic (exact) mass is 421 g/mol. The molecule has 4 rings (SSSR count). The van der Waals surface area contributed by atoms with Crippen molar-refractivity contribution in [1.29, 1.82) is 0 Å². The van der Waals surface area contributed by atoms with E-state index in [0.29, 0.717) is 28.9 Å². The molecule has 0 aliphatic carbocycles. The van der Waals surface area contributed by atoms with Gasteiger partial charge >= 0.3 is 0 Å². The summed E-state index contributed by atoms with van der Waals surface area (Å²) in [6.07, 6.45) is 5.48. The summed E-state index contributed by atoms with van der Waals surface area (Å²) in [6.45, 7) is 3.74. The van der Waals surface area contributed by atoms with E-state index in [2.05, 4.69) is 17.1 Å². The zero-order chi connectivity index (χ0) is 21.6. The van der Waals surface area contributed by atoms with Crippen LogP contribution in [0.1, 0.15) is 31.2 Å². The number of rotatable bonds is 6. The van der Waals surface area contributed by atoms with Crippen LogP contribution in [0.25, 0.3) is 23.5 Å². The first kappa shape index (κ1) is 20.8. The van der Waals surface area contributed by atoms with Gasteiger partial charge in [0.2, 0.25) is 5.82 Å². The maximum Gasteiger partial charge on any atom is 0.260 e. The highest BCUT2D eigenvalue weighted by molar-refractivity contribution is 5.78. The zero-order valence-corrected chi connectivity index (χ0v) is 17.3. The molecular formula is C24H24FN3O3. The topological polar surface area (TPSA) is 68.5 Å². The van der Waals surface area contributed by atoms with Crippen molar-refractivity contribution >= 4 is 18.1 Å². The van der Waals surface area contributed by atoms with Gasteiger partial charge in [-0.05, 0) is 54.7 Å². The number of ether oxygens (including phenoxy) is 1. The first-order valence-electron chi connectivity index (χ1n) is 10.4. The number of likely N-dealkylation sites (tertiary alicyclic amines) is 1. The van der Waals surface area contributed by atoms with Gasteiger partial charge < -0.3 is 14.2 Å². The summed E-state index contributed by atoms with van der Waals surface area (Å²) in [5, 5.41) is 4.03. The minimum atomic E-state index is -0.290. The summed E-state index contributed by atoms with van der Waals surface area (Å²) >= 11 is 0. The third-order valence-electron chi connectivity index (χ3n) is 5.35. The Morgan fingerprint density at radius 1 is 1.16 bits per heavy atom. The Labute approximate surface area is 180 Å². The Kier molecular flexibility index (Phi) is 6.40. The molecule has 0 spiro atoms. The van der Waals surface area contributed by atoms with E-state index in [0.717, 1.165) is 31.5 Å². The van der Waals surface area contributed by atoms with Crippen molar-refractivity contribution in [1.82, 2.24) is 15.0 Å². The SMILES string of the molecule is CC1CCN(C(=O)COc2ccccc2-c2noc(/C=C/c3ccc(F)cc3)n2)CC1. The van der Waals surface area contributed by atoms with Gasteiger partial charge in [0.05, 0.1) is 5.56 Å². The lowest BCUT2D eigenvalue weighted by atomic mass is 9.99. The Bertz CT molecular complexity index is 1050. The van der Waals surface area contributed by atoms with Crippen LogP contribution in [-0.2, 0) is 4.79 Å². The van der Waals surface area contributed by atoms with Gasteiger partial charge in [-0.1, -0.05) is 36.3 Å². The number of carbonyl (C=O) groups is 1. The van der Waals surface area contributed by atoms with E-state index in [4.69, 9.17) is 9.26 Å². The van der Waals surface area contributed by atoms with Crippen LogP contribution in [0.15, 0.2) is 53.1 Å². The molecule has 1 saturated heterocycles. The molecule has 2 aromatic carbocycles. The van der Waals surface area contributed by atoms with Crippen LogP contribution in [0, 0.1) is 11.7 Å². The smallest absolute Gasteiger partial charge is 0.260 e. The molecule has 0 N–H and O–H groups in total. The zero-order valence-electron chi connectivity index (χ0n) is 17.3. The molecular weight excluding hydrogens is 397 g/mol. The molecule has 1 amide bonds. The first-order valence-corrected chi connectivity index (χ1v) is 10.4. The van der Waals surface area contributed by atoms with E-state index >= 15 is 0 Å². The summed E-state index contributed by atoms with van der Waals surface area (Å²) < 4.78 is 24.1. The number of amides is 1. The lowest BCUT2D eigenvalue weighted by molar-refractivity contribution is -0.134. The molecule has 0 atom stereocenters. The molecule has 0 radical (unpaired) electrons. The molecule has 7 heteroatoms. The summed E-state index contributed by atoms with van der Waals surface area (Å²) in [4.78, 5) is 18.7. The molecule has 31 heavy (non-hydrogen) atoms. The van der Waals surface area contributed by atoms with Crippen LogP contribution in [0.2, 0.25) is 0 Å². The standard InChI is InChI=1S/C24H24FN3O3/c1-17-12-14-28(15-13-17)23(29)16-30-21-5-3-2-4-20(21)24-26-22(31-27-24)11-8-18-6-9-19(25)10-7-18/h2-11,17H,12-16H2,1H3/b11-8+. The normalized spacial score (nSPS) is 14.8. The number of hydrogen-bond donors (Lipinski definition) is 0. The number of aromatic nitrogens is 2. The predicted octanol–water partition coefficient (Wildman–Crippen LogP) is 4.68. The third-order valence-corrected chi connectivity index (χ3v) is 5.35. The number of hydrogen-bond acceptors (Lipinski definition) is 5. The van der Waals surface area contributed by atoms with Crippen LogP contribution >= 0.6 is 0 Å². The minimum Gasteiger partial charge on any atom is -0.483 e. The van der Waals surface area contributed by atoms with E-state index in [1.807, 2.05) is 23.1 Å². The molecule has 0 unspecified atom stereocenters. The lowest BCUT2D eigenvalue weighted by Gasteiger charge is -2.30. The van der Waals surface area contributed by atoms with Gasteiger partial charge in [0.15, 0.2) is 6.61 Å². The molecule has 1 aromatic heterocycles. The van der Waals surface area contributed by atoms with Crippen molar-refractivity contribution in [3.63, 3.8) is 0 Å². The second-order valence-corrected chi connectivity index (χ2v) is 7.69. The van der Waals surface area contributed by atoms with Crippen LogP contribution in [0.4, 0.5) is 4.39 Å². The average molecular weight is 421 g/mol. The number of piperidine rings is 1. The highest BCUT2D eigenvalue weighted by atomic mass is 19.1. The molecule has 1 fully saturated rings. The first-order chi connectivity index (χ1) is 15.1. The summed E-state index contributed by atoms with van der Waals surface area (Å²) in [5.74, 6) is 1.56. The largest absolute Gasteiger partial charge is 0.483 e. The molecule has 1 aliphatic heterocycles. The molecule has 160 valence electrons. The van der Waals surface area contributed by atoms with Crippen LogP contribution in [0.5, 0.6) is 5.75 Å². The second kappa shape index (κ2) is 9.55. The maximum atomic E-state index is 13.0. The van der Waals surface area contributed by atoms with Crippen molar-refractivity contribution in [3.05, 3.63) is 65.8 Å². The van der Waals surface area contributed by atoms with Gasteiger partial charge in [0.25, 0.3) is 11.8 Å². The summed E-state index contributed by atoms with van der Waals surface area (Å²) in [7, 11) is 0. The summed E-state index contributed by atoms with van der Waals surface area (Å²) in [5.41, 5.74) is 1.46.